The number of carboxylic acid groups (broad SMARTS) is 1. The van der Waals surface area contributed by atoms with Crippen LogP contribution < -0.4 is 0 Å². The van der Waals surface area contributed by atoms with Gasteiger partial charge in [-0.15, -0.1) is 0 Å². The van der Waals surface area contributed by atoms with Crippen molar-refractivity contribution in [3.63, 3.8) is 0 Å². The molecule has 0 fully saturated rings. The molecule has 0 aliphatic carbocycles. The second kappa shape index (κ2) is 11.7. The molecule has 120 valence electrons. The highest BCUT2D eigenvalue weighted by Crippen LogP contribution is 2.22. The zero-order chi connectivity index (χ0) is 16.2. The predicted octanol–water partition coefficient (Wildman–Crippen LogP) is 4.27. The van der Waals surface area contributed by atoms with Gasteiger partial charge in [-0.25, -0.2) is 0 Å². The highest BCUT2D eigenvalue weighted by atomic mass is 16.5. The van der Waals surface area contributed by atoms with E-state index in [4.69, 9.17) is 9.84 Å². The summed E-state index contributed by atoms with van der Waals surface area (Å²) in [7, 11) is 0. The van der Waals surface area contributed by atoms with Crippen LogP contribution in [0.2, 0.25) is 0 Å². The number of carbonyl (C=O) groups is 2. The molecule has 0 spiro atoms. The number of ether oxygens (including phenoxy) is 1. The van der Waals surface area contributed by atoms with Crippen LogP contribution in [0.4, 0.5) is 0 Å². The topological polar surface area (TPSA) is 63.6 Å². The second-order valence-electron chi connectivity index (χ2n) is 5.97. The highest BCUT2D eigenvalue weighted by molar-refractivity contribution is 5.73. The van der Waals surface area contributed by atoms with Gasteiger partial charge in [0.25, 0.3) is 0 Å². The lowest BCUT2D eigenvalue weighted by Crippen LogP contribution is -2.23. The van der Waals surface area contributed by atoms with E-state index >= 15 is 0 Å². The normalized spacial score (nSPS) is 10.8. The molecule has 0 aromatic rings. The van der Waals surface area contributed by atoms with Crippen LogP contribution in [0.25, 0.3) is 0 Å². The van der Waals surface area contributed by atoms with Crippen molar-refractivity contribution in [3.8, 4) is 0 Å². The monoisotopic (exact) mass is 288 g/mol. The van der Waals surface area contributed by atoms with Crippen LogP contribution in [0.3, 0.4) is 0 Å². The van der Waals surface area contributed by atoms with Gasteiger partial charge in [0.15, 0.2) is 0 Å². The summed E-state index contributed by atoms with van der Waals surface area (Å²) in [5.41, 5.74) is -0.532. The molecule has 0 bridgehead atoms. The largest absolute Gasteiger partial charge is 0.481 e. The Hall–Kier alpha value is -1.06. The van der Waals surface area contributed by atoms with Gasteiger partial charge in [0, 0.05) is 0 Å². The Kier molecular flexibility index (Phi) is 12.5. The van der Waals surface area contributed by atoms with Gasteiger partial charge >= 0.3 is 11.9 Å². The van der Waals surface area contributed by atoms with Crippen molar-refractivity contribution in [1.82, 2.24) is 0 Å². The van der Waals surface area contributed by atoms with Gasteiger partial charge in [-0.2, -0.15) is 0 Å². The molecule has 4 nitrogen and oxygen atoms in total. The van der Waals surface area contributed by atoms with Crippen molar-refractivity contribution in [1.29, 1.82) is 0 Å². The minimum Gasteiger partial charge on any atom is -0.481 e. The third kappa shape index (κ3) is 12.0. The van der Waals surface area contributed by atoms with Crippen LogP contribution >= 0.6 is 0 Å². The van der Waals surface area contributed by atoms with Crippen LogP contribution in [0.5, 0.6) is 0 Å². The van der Waals surface area contributed by atoms with Crippen LogP contribution in [0, 0.1) is 11.3 Å². The molecule has 0 aromatic carbocycles. The summed E-state index contributed by atoms with van der Waals surface area (Å²) in [5, 5.41) is 8.67. The first kappa shape index (κ1) is 21.2. The molecule has 0 saturated heterocycles. The molecule has 20 heavy (non-hydrogen) atoms. The van der Waals surface area contributed by atoms with Crippen molar-refractivity contribution in [2.45, 2.75) is 73.6 Å². The maximum absolute atomic E-state index is 10.8. The first-order chi connectivity index (χ1) is 9.18. The molecule has 0 amide bonds. The predicted molar refractivity (Wildman–Crippen MR) is 81.6 cm³/mol. The van der Waals surface area contributed by atoms with Crippen molar-refractivity contribution < 1.29 is 19.4 Å². The van der Waals surface area contributed by atoms with E-state index in [0.717, 1.165) is 32.1 Å². The van der Waals surface area contributed by atoms with Gasteiger partial charge in [-0.1, -0.05) is 47.0 Å². The standard InChI is InChI=1S/2C8H16O2/c1-4-5-6-8(2,3)7(9)10;1-4-5-6-10-8(9)7(2)3/h4-6H2,1-3H3,(H,9,10);7H,4-6H2,1-3H3. The van der Waals surface area contributed by atoms with Gasteiger partial charge in [-0.3, -0.25) is 9.59 Å². The lowest BCUT2D eigenvalue weighted by atomic mass is 9.88. The molecule has 0 unspecified atom stereocenters. The molecule has 0 aliphatic rings. The summed E-state index contributed by atoms with van der Waals surface area (Å²) in [6.45, 7) is 11.9. The first-order valence-corrected chi connectivity index (χ1v) is 7.59. The van der Waals surface area contributed by atoms with E-state index in [9.17, 15) is 9.59 Å². The maximum atomic E-state index is 10.8. The van der Waals surface area contributed by atoms with Crippen molar-refractivity contribution in [2.75, 3.05) is 6.61 Å². The number of hydrogen-bond donors (Lipinski definition) is 1. The smallest absolute Gasteiger partial charge is 0.309 e. The number of carbonyl (C=O) groups excluding carboxylic acids is 1. The van der Waals surface area contributed by atoms with E-state index in [2.05, 4.69) is 13.8 Å². The summed E-state index contributed by atoms with van der Waals surface area (Å²) in [4.78, 5) is 21.3. The Labute approximate surface area is 123 Å². The van der Waals surface area contributed by atoms with E-state index in [0.29, 0.717) is 6.61 Å². The minimum atomic E-state index is -0.694. The Balaban J connectivity index is 0. The first-order valence-electron chi connectivity index (χ1n) is 7.59. The average Bonchev–Trinajstić information content (AvgIpc) is 2.37. The van der Waals surface area contributed by atoms with E-state index < -0.39 is 11.4 Å². The molecular weight excluding hydrogens is 256 g/mol. The molecule has 1 N–H and O–H groups in total. The fourth-order valence-electron chi connectivity index (χ4n) is 1.21. The molecule has 0 heterocycles. The lowest BCUT2D eigenvalue weighted by Gasteiger charge is -2.17. The minimum absolute atomic E-state index is 0.0110. The number of rotatable bonds is 8. The third-order valence-corrected chi connectivity index (χ3v) is 2.95. The quantitative estimate of drug-likeness (QED) is 0.535. The summed E-state index contributed by atoms with van der Waals surface area (Å²) >= 11 is 0. The molecule has 0 rings (SSSR count). The Morgan fingerprint density at radius 3 is 1.95 bits per heavy atom. The van der Waals surface area contributed by atoms with E-state index in [1.807, 2.05) is 13.8 Å². The van der Waals surface area contributed by atoms with Crippen molar-refractivity contribution in [2.24, 2.45) is 11.3 Å². The molecular formula is C16H32O4. The van der Waals surface area contributed by atoms with Gasteiger partial charge in [-0.05, 0) is 26.7 Å². The molecule has 0 atom stereocenters. The number of esters is 1. The lowest BCUT2D eigenvalue weighted by molar-refractivity contribution is -0.148. The SMILES string of the molecule is CCCCC(C)(C)C(=O)O.CCCCOC(=O)C(C)C. The maximum Gasteiger partial charge on any atom is 0.309 e. The summed E-state index contributed by atoms with van der Waals surface area (Å²) in [5.74, 6) is -0.772. The van der Waals surface area contributed by atoms with Crippen LogP contribution in [0.15, 0.2) is 0 Å². The van der Waals surface area contributed by atoms with E-state index in [1.165, 1.54) is 0 Å². The third-order valence-electron chi connectivity index (χ3n) is 2.95. The van der Waals surface area contributed by atoms with Gasteiger partial charge in [0.2, 0.25) is 0 Å². The second-order valence-corrected chi connectivity index (χ2v) is 5.97. The average molecular weight is 288 g/mol. The number of hydrogen-bond acceptors (Lipinski definition) is 3. The summed E-state index contributed by atoms with van der Waals surface area (Å²) in [6.07, 6.45) is 4.89. The van der Waals surface area contributed by atoms with Gasteiger partial charge in [0.05, 0.1) is 17.9 Å². The van der Waals surface area contributed by atoms with Gasteiger partial charge < -0.3 is 9.84 Å². The van der Waals surface area contributed by atoms with E-state index in [1.54, 1.807) is 13.8 Å². The van der Waals surface area contributed by atoms with Crippen LogP contribution in [-0.2, 0) is 14.3 Å². The summed E-state index contributed by atoms with van der Waals surface area (Å²) in [6, 6.07) is 0. The van der Waals surface area contributed by atoms with Crippen molar-refractivity contribution >= 4 is 11.9 Å². The van der Waals surface area contributed by atoms with Crippen molar-refractivity contribution in [3.05, 3.63) is 0 Å². The van der Waals surface area contributed by atoms with Gasteiger partial charge in [0.1, 0.15) is 0 Å². The Morgan fingerprint density at radius 1 is 1.10 bits per heavy atom. The molecule has 0 aliphatic heterocycles. The number of carboxylic acids is 1. The van der Waals surface area contributed by atoms with Crippen LogP contribution in [0.1, 0.15) is 73.6 Å². The molecule has 0 saturated carbocycles. The molecule has 0 radical (unpaired) electrons. The molecule has 4 heteroatoms. The number of unbranched alkanes of at least 4 members (excludes halogenated alkanes) is 2. The number of aliphatic carboxylic acids is 1. The Morgan fingerprint density at radius 2 is 1.60 bits per heavy atom. The van der Waals surface area contributed by atoms with E-state index in [-0.39, 0.29) is 11.9 Å². The molecule has 0 aromatic heterocycles. The zero-order valence-corrected chi connectivity index (χ0v) is 14.0. The zero-order valence-electron chi connectivity index (χ0n) is 14.0. The Bertz CT molecular complexity index is 268. The van der Waals surface area contributed by atoms with Crippen LogP contribution in [-0.4, -0.2) is 23.7 Å². The fraction of sp³-hybridized carbons (Fsp3) is 0.875. The highest BCUT2D eigenvalue weighted by Gasteiger charge is 2.25. The summed E-state index contributed by atoms with van der Waals surface area (Å²) < 4.78 is 4.90. The fourth-order valence-corrected chi connectivity index (χ4v) is 1.21.